The SMILES string of the molecule is CC1CCC(O)(CNc2ccc(N)cc2S(N)(=O)=O)CC1. The largest absolute Gasteiger partial charge is 0.399 e. The van der Waals surface area contributed by atoms with E-state index in [1.807, 2.05) is 0 Å². The van der Waals surface area contributed by atoms with Crippen LogP contribution in [0.4, 0.5) is 11.4 Å². The van der Waals surface area contributed by atoms with Crippen LogP contribution in [0.5, 0.6) is 0 Å². The summed E-state index contributed by atoms with van der Waals surface area (Å²) in [5.41, 5.74) is 5.51. The molecule has 1 aromatic carbocycles. The van der Waals surface area contributed by atoms with Gasteiger partial charge in [0.2, 0.25) is 10.0 Å². The maximum atomic E-state index is 11.6. The van der Waals surface area contributed by atoms with Gasteiger partial charge in [0, 0.05) is 12.2 Å². The normalized spacial score (nSPS) is 26.5. The average molecular weight is 313 g/mol. The maximum absolute atomic E-state index is 11.6. The van der Waals surface area contributed by atoms with Crippen molar-refractivity contribution in [2.75, 3.05) is 17.6 Å². The molecule has 1 aliphatic carbocycles. The molecule has 21 heavy (non-hydrogen) atoms. The van der Waals surface area contributed by atoms with Gasteiger partial charge in [-0.15, -0.1) is 0 Å². The Bertz CT molecular complexity index is 608. The number of sulfonamides is 1. The van der Waals surface area contributed by atoms with Gasteiger partial charge in [-0.25, -0.2) is 13.6 Å². The molecule has 118 valence electrons. The first-order chi connectivity index (χ1) is 9.70. The molecule has 1 fully saturated rings. The van der Waals surface area contributed by atoms with Gasteiger partial charge in [0.15, 0.2) is 0 Å². The van der Waals surface area contributed by atoms with E-state index >= 15 is 0 Å². The van der Waals surface area contributed by atoms with Crippen LogP contribution in [-0.2, 0) is 10.0 Å². The molecule has 0 aromatic heterocycles. The number of nitrogen functional groups attached to an aromatic ring is 1. The minimum atomic E-state index is -3.86. The Balaban J connectivity index is 2.14. The van der Waals surface area contributed by atoms with Gasteiger partial charge < -0.3 is 16.2 Å². The summed E-state index contributed by atoms with van der Waals surface area (Å²) in [5.74, 6) is 0.627. The second-order valence-electron chi connectivity index (χ2n) is 6.06. The van der Waals surface area contributed by atoms with Gasteiger partial charge in [0.25, 0.3) is 0 Å². The summed E-state index contributed by atoms with van der Waals surface area (Å²) in [7, 11) is -3.86. The number of hydrogen-bond donors (Lipinski definition) is 4. The van der Waals surface area contributed by atoms with Crippen molar-refractivity contribution in [3.8, 4) is 0 Å². The molecule has 7 heteroatoms. The van der Waals surface area contributed by atoms with Crippen molar-refractivity contribution in [2.45, 2.75) is 43.1 Å². The molecule has 1 aromatic rings. The van der Waals surface area contributed by atoms with Crippen molar-refractivity contribution in [3.63, 3.8) is 0 Å². The van der Waals surface area contributed by atoms with E-state index in [1.165, 1.54) is 6.07 Å². The van der Waals surface area contributed by atoms with Crippen molar-refractivity contribution < 1.29 is 13.5 Å². The molecule has 0 heterocycles. The molecule has 1 saturated carbocycles. The molecule has 6 N–H and O–H groups in total. The predicted molar refractivity (Wildman–Crippen MR) is 83.3 cm³/mol. The molecule has 0 unspecified atom stereocenters. The van der Waals surface area contributed by atoms with Crippen LogP contribution in [0.2, 0.25) is 0 Å². The molecule has 0 aliphatic heterocycles. The summed E-state index contributed by atoms with van der Waals surface area (Å²) < 4.78 is 23.2. The smallest absolute Gasteiger partial charge is 0.240 e. The van der Waals surface area contributed by atoms with E-state index in [9.17, 15) is 13.5 Å². The number of nitrogens with one attached hydrogen (secondary N) is 1. The highest BCUT2D eigenvalue weighted by Gasteiger charge is 2.31. The fourth-order valence-corrected chi connectivity index (χ4v) is 3.40. The van der Waals surface area contributed by atoms with E-state index in [-0.39, 0.29) is 4.90 Å². The maximum Gasteiger partial charge on any atom is 0.240 e. The zero-order valence-corrected chi connectivity index (χ0v) is 13.0. The zero-order valence-electron chi connectivity index (χ0n) is 12.2. The first-order valence-electron chi connectivity index (χ1n) is 7.08. The lowest BCUT2D eigenvalue weighted by atomic mass is 9.79. The molecular formula is C14H23N3O3S. The lowest BCUT2D eigenvalue weighted by Gasteiger charge is -2.35. The molecule has 0 spiro atoms. The van der Waals surface area contributed by atoms with Gasteiger partial charge in [-0.2, -0.15) is 0 Å². The third kappa shape index (κ3) is 4.09. The van der Waals surface area contributed by atoms with Crippen molar-refractivity contribution >= 4 is 21.4 Å². The van der Waals surface area contributed by atoms with Crippen molar-refractivity contribution in [1.29, 1.82) is 0 Å². The van der Waals surface area contributed by atoms with Crippen LogP contribution in [0, 0.1) is 5.92 Å². The summed E-state index contributed by atoms with van der Waals surface area (Å²) in [6, 6.07) is 4.50. The first kappa shape index (κ1) is 16.1. The lowest BCUT2D eigenvalue weighted by molar-refractivity contribution is 0.00497. The van der Waals surface area contributed by atoms with Gasteiger partial charge in [-0.05, 0) is 49.8 Å². The molecule has 0 bridgehead atoms. The highest BCUT2D eigenvalue weighted by molar-refractivity contribution is 7.89. The molecular weight excluding hydrogens is 290 g/mol. The van der Waals surface area contributed by atoms with E-state index in [0.29, 0.717) is 36.7 Å². The fourth-order valence-electron chi connectivity index (χ4n) is 2.66. The molecule has 1 aliphatic rings. The van der Waals surface area contributed by atoms with Crippen LogP contribution < -0.4 is 16.2 Å². The number of nitrogens with two attached hydrogens (primary N) is 2. The van der Waals surface area contributed by atoms with Crippen molar-refractivity contribution in [2.24, 2.45) is 11.1 Å². The molecule has 0 amide bonds. The molecule has 6 nitrogen and oxygen atoms in total. The minimum absolute atomic E-state index is 0.0460. The summed E-state index contributed by atoms with van der Waals surface area (Å²) in [5, 5.41) is 18.7. The molecule has 0 saturated heterocycles. The highest BCUT2D eigenvalue weighted by atomic mass is 32.2. The van der Waals surface area contributed by atoms with Crippen LogP contribution in [0.15, 0.2) is 23.1 Å². The Morgan fingerprint density at radius 1 is 1.38 bits per heavy atom. The Hall–Kier alpha value is -1.31. The van der Waals surface area contributed by atoms with Crippen LogP contribution in [0.1, 0.15) is 32.6 Å². The van der Waals surface area contributed by atoms with Gasteiger partial charge in [0.05, 0.1) is 11.3 Å². The van der Waals surface area contributed by atoms with Gasteiger partial charge in [-0.1, -0.05) is 6.92 Å². The number of aliphatic hydroxyl groups is 1. The monoisotopic (exact) mass is 313 g/mol. The van der Waals surface area contributed by atoms with E-state index in [1.54, 1.807) is 12.1 Å². The van der Waals surface area contributed by atoms with Crippen LogP contribution in [0.25, 0.3) is 0 Å². The molecule has 0 radical (unpaired) electrons. The van der Waals surface area contributed by atoms with Crippen LogP contribution >= 0.6 is 0 Å². The number of hydrogen-bond acceptors (Lipinski definition) is 5. The van der Waals surface area contributed by atoms with Crippen molar-refractivity contribution in [1.82, 2.24) is 0 Å². The van der Waals surface area contributed by atoms with E-state index in [0.717, 1.165) is 12.8 Å². The Kier molecular flexibility index (Phi) is 4.46. The lowest BCUT2D eigenvalue weighted by Crippen LogP contribution is -2.40. The fraction of sp³-hybridized carbons (Fsp3) is 0.571. The standard InChI is InChI=1S/C14H23N3O3S/c1-10-4-6-14(18,7-5-10)9-17-12-3-2-11(15)8-13(12)21(16,19)20/h2-3,8,10,17-18H,4-7,9,15H2,1H3,(H2,16,19,20). The quantitative estimate of drug-likeness (QED) is 0.624. The first-order valence-corrected chi connectivity index (χ1v) is 8.63. The third-order valence-electron chi connectivity index (χ3n) is 4.13. The summed E-state index contributed by atoms with van der Waals surface area (Å²) in [6.45, 7) is 2.47. The third-order valence-corrected chi connectivity index (χ3v) is 5.08. The number of primary sulfonamides is 1. The van der Waals surface area contributed by atoms with Crippen LogP contribution in [-0.4, -0.2) is 25.7 Å². The topological polar surface area (TPSA) is 118 Å². The number of anilines is 2. The second-order valence-corrected chi connectivity index (χ2v) is 7.59. The Morgan fingerprint density at radius 3 is 2.57 bits per heavy atom. The van der Waals surface area contributed by atoms with Gasteiger partial charge in [-0.3, -0.25) is 0 Å². The highest BCUT2D eigenvalue weighted by Crippen LogP contribution is 2.32. The predicted octanol–water partition coefficient (Wildman–Crippen LogP) is 1.27. The van der Waals surface area contributed by atoms with Gasteiger partial charge >= 0.3 is 0 Å². The van der Waals surface area contributed by atoms with Gasteiger partial charge in [0.1, 0.15) is 4.90 Å². The summed E-state index contributed by atoms with van der Waals surface area (Å²) in [4.78, 5) is -0.0460. The minimum Gasteiger partial charge on any atom is -0.399 e. The zero-order chi connectivity index (χ0) is 15.7. The van der Waals surface area contributed by atoms with E-state index in [2.05, 4.69) is 12.2 Å². The second kappa shape index (κ2) is 5.82. The molecule has 2 rings (SSSR count). The Morgan fingerprint density at radius 2 is 2.00 bits per heavy atom. The summed E-state index contributed by atoms with van der Waals surface area (Å²) in [6.07, 6.45) is 3.37. The van der Waals surface area contributed by atoms with E-state index < -0.39 is 15.6 Å². The van der Waals surface area contributed by atoms with Crippen LogP contribution in [0.3, 0.4) is 0 Å². The van der Waals surface area contributed by atoms with E-state index in [4.69, 9.17) is 10.9 Å². The van der Waals surface area contributed by atoms with Crippen molar-refractivity contribution in [3.05, 3.63) is 18.2 Å². The Labute approximate surface area is 125 Å². The number of rotatable bonds is 4. The average Bonchev–Trinajstić information content (AvgIpc) is 2.40. The number of benzene rings is 1. The summed E-state index contributed by atoms with van der Waals surface area (Å²) >= 11 is 0. The molecule has 0 atom stereocenters.